The number of hydrogen-bond acceptors (Lipinski definition) is 4. The average Bonchev–Trinajstić information content (AvgIpc) is 2.86. The lowest BCUT2D eigenvalue weighted by molar-refractivity contribution is -0.139. The SMILES string of the molecule is Cn1ncc(-c2ccccc2)c(-c2ccc(CC(NC(=O)c3c(Cl)cccc3Cl)C(=O)O)cc2)c1=O. The van der Waals surface area contributed by atoms with Crippen LogP contribution in [0.3, 0.4) is 0 Å². The summed E-state index contributed by atoms with van der Waals surface area (Å²) < 4.78 is 1.27. The summed E-state index contributed by atoms with van der Waals surface area (Å²) in [6.07, 6.45) is 1.67. The van der Waals surface area contributed by atoms with E-state index in [1.54, 1.807) is 43.6 Å². The lowest BCUT2D eigenvalue weighted by Crippen LogP contribution is -2.42. The van der Waals surface area contributed by atoms with Crippen LogP contribution in [0.1, 0.15) is 15.9 Å². The highest BCUT2D eigenvalue weighted by Crippen LogP contribution is 2.29. The fourth-order valence-electron chi connectivity index (χ4n) is 3.84. The van der Waals surface area contributed by atoms with Gasteiger partial charge in [0.25, 0.3) is 11.5 Å². The third-order valence-corrected chi connectivity index (χ3v) is 6.33. The molecule has 1 heterocycles. The summed E-state index contributed by atoms with van der Waals surface area (Å²) in [5.74, 6) is -1.88. The summed E-state index contributed by atoms with van der Waals surface area (Å²) in [5.41, 5.74) is 3.12. The maximum Gasteiger partial charge on any atom is 0.326 e. The van der Waals surface area contributed by atoms with Gasteiger partial charge in [0.05, 0.1) is 27.4 Å². The number of aryl methyl sites for hydroxylation is 1. The van der Waals surface area contributed by atoms with Crippen LogP contribution in [-0.4, -0.2) is 32.8 Å². The minimum absolute atomic E-state index is 0.0172. The number of carboxylic acid groups (broad SMARTS) is 1. The number of aliphatic carboxylic acids is 1. The molecule has 0 aliphatic carbocycles. The number of rotatable bonds is 7. The number of halogens is 2. The molecule has 1 unspecified atom stereocenters. The molecule has 1 atom stereocenters. The molecule has 3 aromatic carbocycles. The summed E-state index contributed by atoms with van der Waals surface area (Å²) in [6.45, 7) is 0. The van der Waals surface area contributed by atoms with E-state index in [1.807, 2.05) is 30.3 Å². The fraction of sp³-hybridized carbons (Fsp3) is 0.111. The quantitative estimate of drug-likeness (QED) is 0.362. The van der Waals surface area contributed by atoms with Crippen LogP contribution in [-0.2, 0) is 18.3 Å². The van der Waals surface area contributed by atoms with E-state index in [2.05, 4.69) is 10.4 Å². The molecule has 36 heavy (non-hydrogen) atoms. The van der Waals surface area contributed by atoms with Crippen molar-refractivity contribution in [3.63, 3.8) is 0 Å². The molecule has 2 N–H and O–H groups in total. The Morgan fingerprint density at radius 1 is 0.944 bits per heavy atom. The first-order chi connectivity index (χ1) is 17.3. The number of carbonyl (C=O) groups is 2. The van der Waals surface area contributed by atoms with Crippen LogP contribution in [0.15, 0.2) is 83.8 Å². The second-order valence-corrected chi connectivity index (χ2v) is 8.90. The van der Waals surface area contributed by atoms with Gasteiger partial charge < -0.3 is 10.4 Å². The molecule has 0 spiro atoms. The second kappa shape index (κ2) is 10.8. The molecule has 182 valence electrons. The summed E-state index contributed by atoms with van der Waals surface area (Å²) in [6, 6.07) is 19.8. The van der Waals surface area contributed by atoms with Crippen molar-refractivity contribution >= 4 is 35.1 Å². The van der Waals surface area contributed by atoms with Crippen LogP contribution < -0.4 is 10.9 Å². The van der Waals surface area contributed by atoms with Crippen molar-refractivity contribution in [1.29, 1.82) is 0 Å². The number of carboxylic acids is 1. The molecule has 0 saturated carbocycles. The monoisotopic (exact) mass is 521 g/mol. The van der Waals surface area contributed by atoms with Gasteiger partial charge in [0.1, 0.15) is 6.04 Å². The molecule has 0 saturated heterocycles. The third-order valence-electron chi connectivity index (χ3n) is 5.70. The molecule has 0 aliphatic heterocycles. The van der Waals surface area contributed by atoms with E-state index in [1.165, 1.54) is 16.8 Å². The molecule has 4 aromatic rings. The van der Waals surface area contributed by atoms with E-state index in [-0.39, 0.29) is 27.6 Å². The minimum atomic E-state index is -1.22. The average molecular weight is 522 g/mol. The van der Waals surface area contributed by atoms with Crippen molar-refractivity contribution in [3.05, 3.63) is 111 Å². The van der Waals surface area contributed by atoms with Crippen LogP contribution in [0.4, 0.5) is 0 Å². The number of nitrogens with one attached hydrogen (secondary N) is 1. The van der Waals surface area contributed by atoms with Crippen LogP contribution in [0, 0.1) is 0 Å². The first-order valence-corrected chi connectivity index (χ1v) is 11.7. The lowest BCUT2D eigenvalue weighted by atomic mass is 9.95. The van der Waals surface area contributed by atoms with Crippen molar-refractivity contribution < 1.29 is 14.7 Å². The van der Waals surface area contributed by atoms with Gasteiger partial charge in [-0.25, -0.2) is 9.48 Å². The molecule has 0 radical (unpaired) electrons. The highest BCUT2D eigenvalue weighted by atomic mass is 35.5. The van der Waals surface area contributed by atoms with Crippen LogP contribution in [0.25, 0.3) is 22.3 Å². The maximum atomic E-state index is 13.0. The Kier molecular flexibility index (Phi) is 7.52. The molecule has 1 amide bonds. The van der Waals surface area contributed by atoms with E-state index >= 15 is 0 Å². The number of nitrogens with zero attached hydrogens (tertiary/aromatic N) is 2. The predicted octanol–water partition coefficient (Wildman–Crippen LogP) is 4.85. The van der Waals surface area contributed by atoms with Gasteiger partial charge in [0.2, 0.25) is 0 Å². The Balaban J connectivity index is 1.61. The first-order valence-electron chi connectivity index (χ1n) is 10.9. The Morgan fingerprint density at radius 3 is 2.19 bits per heavy atom. The number of aromatic nitrogens is 2. The van der Waals surface area contributed by atoms with Crippen molar-refractivity contribution in [3.8, 4) is 22.3 Å². The summed E-state index contributed by atoms with van der Waals surface area (Å²) in [4.78, 5) is 37.5. The number of carbonyl (C=O) groups excluding carboxylic acids is 1. The summed E-state index contributed by atoms with van der Waals surface area (Å²) >= 11 is 12.2. The zero-order chi connectivity index (χ0) is 25.8. The fourth-order valence-corrected chi connectivity index (χ4v) is 4.41. The van der Waals surface area contributed by atoms with Gasteiger partial charge in [-0.2, -0.15) is 5.10 Å². The van der Waals surface area contributed by atoms with Crippen molar-refractivity contribution in [1.82, 2.24) is 15.1 Å². The largest absolute Gasteiger partial charge is 0.480 e. The Morgan fingerprint density at radius 2 is 1.58 bits per heavy atom. The van der Waals surface area contributed by atoms with Gasteiger partial charge in [0.15, 0.2) is 0 Å². The molecule has 1 aromatic heterocycles. The van der Waals surface area contributed by atoms with E-state index in [0.717, 1.165) is 5.56 Å². The molecule has 4 rings (SSSR count). The normalized spacial score (nSPS) is 11.6. The molecule has 0 aliphatic rings. The van der Waals surface area contributed by atoms with Crippen molar-refractivity contribution in [2.24, 2.45) is 7.05 Å². The zero-order valence-corrected chi connectivity index (χ0v) is 20.6. The zero-order valence-electron chi connectivity index (χ0n) is 19.1. The highest BCUT2D eigenvalue weighted by Gasteiger charge is 2.24. The van der Waals surface area contributed by atoms with E-state index in [9.17, 15) is 19.5 Å². The van der Waals surface area contributed by atoms with E-state index in [0.29, 0.717) is 22.3 Å². The molecular formula is C27H21Cl2N3O4. The topological polar surface area (TPSA) is 101 Å². The van der Waals surface area contributed by atoms with Gasteiger partial charge in [-0.3, -0.25) is 9.59 Å². The lowest BCUT2D eigenvalue weighted by Gasteiger charge is -2.16. The number of hydrogen-bond donors (Lipinski definition) is 2. The predicted molar refractivity (Wildman–Crippen MR) is 139 cm³/mol. The first kappa shape index (κ1) is 25.2. The van der Waals surface area contributed by atoms with Crippen LogP contribution in [0.5, 0.6) is 0 Å². The second-order valence-electron chi connectivity index (χ2n) is 8.09. The summed E-state index contributed by atoms with van der Waals surface area (Å²) in [5, 5.41) is 16.6. The smallest absolute Gasteiger partial charge is 0.326 e. The number of amides is 1. The number of benzene rings is 3. The van der Waals surface area contributed by atoms with Crippen molar-refractivity contribution in [2.45, 2.75) is 12.5 Å². The van der Waals surface area contributed by atoms with Gasteiger partial charge in [-0.05, 0) is 28.8 Å². The molecule has 0 fully saturated rings. The van der Waals surface area contributed by atoms with Gasteiger partial charge in [-0.15, -0.1) is 0 Å². The highest BCUT2D eigenvalue weighted by molar-refractivity contribution is 6.39. The van der Waals surface area contributed by atoms with Gasteiger partial charge in [0, 0.05) is 19.0 Å². The van der Waals surface area contributed by atoms with E-state index in [4.69, 9.17) is 23.2 Å². The van der Waals surface area contributed by atoms with Gasteiger partial charge in [-0.1, -0.05) is 83.9 Å². The van der Waals surface area contributed by atoms with Gasteiger partial charge >= 0.3 is 5.97 Å². The molecule has 0 bridgehead atoms. The Bertz CT molecular complexity index is 1470. The molecule has 9 heteroatoms. The van der Waals surface area contributed by atoms with E-state index < -0.39 is 17.9 Å². The Hall–Kier alpha value is -3.94. The minimum Gasteiger partial charge on any atom is -0.480 e. The standard InChI is InChI=1S/C27H21Cl2N3O4/c1-32-26(34)23(19(15-30-32)17-6-3-2-4-7-17)18-12-10-16(11-13-18)14-22(27(35)36)31-25(33)24-20(28)8-5-9-21(24)29/h2-13,15,22H,14H2,1H3,(H,31,33)(H,35,36). The van der Waals surface area contributed by atoms with Crippen LogP contribution >= 0.6 is 23.2 Å². The molecular weight excluding hydrogens is 501 g/mol. The summed E-state index contributed by atoms with van der Waals surface area (Å²) in [7, 11) is 1.58. The maximum absolute atomic E-state index is 13.0. The third kappa shape index (κ3) is 5.32. The van der Waals surface area contributed by atoms with Crippen molar-refractivity contribution in [2.75, 3.05) is 0 Å². The van der Waals surface area contributed by atoms with Crippen LogP contribution in [0.2, 0.25) is 10.0 Å². The molecule has 7 nitrogen and oxygen atoms in total. The Labute approximate surface area is 216 Å².